The van der Waals surface area contributed by atoms with Crippen LogP contribution in [0.1, 0.15) is 12.0 Å². The van der Waals surface area contributed by atoms with Gasteiger partial charge >= 0.3 is 0 Å². The predicted molar refractivity (Wildman–Crippen MR) is 116 cm³/mol. The number of aromatic nitrogens is 2. The first-order valence-electron chi connectivity index (χ1n) is 10.8. The van der Waals surface area contributed by atoms with Crippen molar-refractivity contribution in [3.05, 3.63) is 18.0 Å². The Morgan fingerprint density at radius 3 is 2.06 bits per heavy atom. The number of carbonyl (C=O) groups excluding carboxylic acids is 1. The van der Waals surface area contributed by atoms with E-state index in [1.807, 2.05) is 0 Å². The number of rotatable bonds is 17. The molecule has 0 saturated carbocycles. The minimum Gasteiger partial charge on any atom is -0.379 e. The second-order valence-corrected chi connectivity index (χ2v) is 6.89. The Morgan fingerprint density at radius 2 is 1.48 bits per heavy atom. The number of ether oxygens (including phenoxy) is 4. The Bertz CT molecular complexity index is 586. The SMILES string of the molecule is NCCOCCOCCOCCOCCC(=O)NCc1cnc(N2CCNCC2)nc1. The van der Waals surface area contributed by atoms with Gasteiger partial charge in [-0.25, -0.2) is 9.97 Å². The van der Waals surface area contributed by atoms with E-state index in [4.69, 9.17) is 24.7 Å². The Labute approximate surface area is 184 Å². The average Bonchev–Trinajstić information content (AvgIpc) is 2.81. The van der Waals surface area contributed by atoms with Crippen molar-refractivity contribution in [1.82, 2.24) is 20.6 Å². The molecule has 0 spiro atoms. The fourth-order valence-electron chi connectivity index (χ4n) is 2.77. The summed E-state index contributed by atoms with van der Waals surface area (Å²) in [5.41, 5.74) is 6.18. The van der Waals surface area contributed by atoms with Gasteiger partial charge in [-0.2, -0.15) is 0 Å². The molecule has 11 heteroatoms. The second-order valence-electron chi connectivity index (χ2n) is 6.89. The molecule has 0 bridgehead atoms. The number of anilines is 1. The lowest BCUT2D eigenvalue weighted by Crippen LogP contribution is -2.44. The molecular formula is C20H36N6O5. The number of hydrogen-bond acceptors (Lipinski definition) is 10. The Hall–Kier alpha value is -1.89. The van der Waals surface area contributed by atoms with Crippen molar-refractivity contribution >= 4 is 11.9 Å². The van der Waals surface area contributed by atoms with Crippen LogP contribution in [-0.2, 0) is 30.3 Å². The van der Waals surface area contributed by atoms with Gasteiger partial charge in [-0.15, -0.1) is 0 Å². The van der Waals surface area contributed by atoms with Crippen LogP contribution < -0.4 is 21.3 Å². The lowest BCUT2D eigenvalue weighted by atomic mass is 10.3. The lowest BCUT2D eigenvalue weighted by Gasteiger charge is -2.27. The first-order chi connectivity index (χ1) is 15.3. The van der Waals surface area contributed by atoms with Crippen molar-refractivity contribution in [3.63, 3.8) is 0 Å². The Balaban J connectivity index is 1.40. The molecule has 0 atom stereocenters. The second kappa shape index (κ2) is 16.8. The molecule has 176 valence electrons. The van der Waals surface area contributed by atoms with Crippen LogP contribution >= 0.6 is 0 Å². The molecule has 4 N–H and O–H groups in total. The fraction of sp³-hybridized carbons (Fsp3) is 0.750. The van der Waals surface area contributed by atoms with Crippen LogP contribution in [-0.4, -0.2) is 101 Å². The minimum atomic E-state index is -0.0719. The minimum absolute atomic E-state index is 0.0719. The van der Waals surface area contributed by atoms with Gasteiger partial charge in [0.05, 0.1) is 52.9 Å². The molecular weight excluding hydrogens is 404 g/mol. The number of piperazine rings is 1. The molecule has 0 aromatic carbocycles. The Morgan fingerprint density at radius 1 is 0.935 bits per heavy atom. The molecule has 1 aromatic heterocycles. The van der Waals surface area contributed by atoms with E-state index in [0.717, 1.165) is 37.7 Å². The van der Waals surface area contributed by atoms with Crippen molar-refractivity contribution in [1.29, 1.82) is 0 Å². The van der Waals surface area contributed by atoms with Gasteiger partial charge < -0.3 is 40.2 Å². The third-order valence-corrected chi connectivity index (χ3v) is 4.43. The van der Waals surface area contributed by atoms with Gasteiger partial charge in [0, 0.05) is 63.6 Å². The molecule has 1 aliphatic heterocycles. The zero-order valence-corrected chi connectivity index (χ0v) is 18.2. The fourth-order valence-corrected chi connectivity index (χ4v) is 2.77. The quantitative estimate of drug-likeness (QED) is 0.257. The zero-order valence-electron chi connectivity index (χ0n) is 18.2. The van der Waals surface area contributed by atoms with Crippen LogP contribution in [0.5, 0.6) is 0 Å². The summed E-state index contributed by atoms with van der Waals surface area (Å²) in [5, 5.41) is 6.15. The van der Waals surface area contributed by atoms with Gasteiger partial charge in [-0.3, -0.25) is 4.79 Å². The third kappa shape index (κ3) is 11.9. The normalized spacial score (nSPS) is 14.0. The van der Waals surface area contributed by atoms with Crippen molar-refractivity contribution in [2.75, 3.05) is 90.5 Å². The summed E-state index contributed by atoms with van der Waals surface area (Å²) in [6.07, 6.45) is 3.82. The van der Waals surface area contributed by atoms with Crippen LogP contribution in [0.3, 0.4) is 0 Å². The van der Waals surface area contributed by atoms with Crippen molar-refractivity contribution in [2.45, 2.75) is 13.0 Å². The standard InChI is InChI=1S/C20H36N6O5/c21-2-8-29-10-12-31-14-13-30-11-9-28-7-1-19(27)23-15-18-16-24-20(25-17-18)26-5-3-22-4-6-26/h16-17,22H,1-15,21H2,(H,23,27). The number of hydrogen-bond donors (Lipinski definition) is 3. The predicted octanol–water partition coefficient (Wildman–Crippen LogP) is -1.08. The van der Waals surface area contributed by atoms with E-state index in [9.17, 15) is 4.79 Å². The summed E-state index contributed by atoms with van der Waals surface area (Å²) in [5.74, 6) is 0.660. The van der Waals surface area contributed by atoms with Crippen LogP contribution in [0.2, 0.25) is 0 Å². The van der Waals surface area contributed by atoms with Gasteiger partial charge in [0.15, 0.2) is 0 Å². The largest absolute Gasteiger partial charge is 0.379 e. The van der Waals surface area contributed by atoms with Crippen molar-refractivity contribution in [3.8, 4) is 0 Å². The van der Waals surface area contributed by atoms with Crippen LogP contribution in [0.15, 0.2) is 12.4 Å². The number of nitrogens with zero attached hydrogens (tertiary/aromatic N) is 3. The van der Waals surface area contributed by atoms with Gasteiger partial charge in [-0.1, -0.05) is 0 Å². The molecule has 0 aliphatic carbocycles. The third-order valence-electron chi connectivity index (χ3n) is 4.43. The molecule has 1 saturated heterocycles. The van der Waals surface area contributed by atoms with E-state index in [1.165, 1.54) is 0 Å². The van der Waals surface area contributed by atoms with E-state index in [2.05, 4.69) is 25.5 Å². The molecule has 2 heterocycles. The van der Waals surface area contributed by atoms with Crippen molar-refractivity contribution < 1.29 is 23.7 Å². The monoisotopic (exact) mass is 440 g/mol. The van der Waals surface area contributed by atoms with Gasteiger partial charge in [-0.05, 0) is 0 Å². The highest BCUT2D eigenvalue weighted by molar-refractivity contribution is 5.75. The summed E-state index contributed by atoms with van der Waals surface area (Å²) < 4.78 is 21.3. The molecule has 11 nitrogen and oxygen atoms in total. The van der Waals surface area contributed by atoms with E-state index in [1.54, 1.807) is 12.4 Å². The van der Waals surface area contributed by atoms with Gasteiger partial charge in [0.25, 0.3) is 0 Å². The molecule has 0 radical (unpaired) electrons. The summed E-state index contributed by atoms with van der Waals surface area (Å²) in [4.78, 5) is 22.9. The van der Waals surface area contributed by atoms with Crippen molar-refractivity contribution in [2.24, 2.45) is 5.73 Å². The summed E-state index contributed by atoms with van der Waals surface area (Å²) in [6, 6.07) is 0. The molecule has 1 fully saturated rings. The molecule has 1 aliphatic rings. The van der Waals surface area contributed by atoms with Gasteiger partial charge in [0.1, 0.15) is 0 Å². The summed E-state index contributed by atoms with van der Waals surface area (Å²) in [6.45, 7) is 8.48. The van der Waals surface area contributed by atoms with Crippen LogP contribution in [0.4, 0.5) is 5.95 Å². The maximum Gasteiger partial charge on any atom is 0.225 e. The Kier molecular flexibility index (Phi) is 13.7. The highest BCUT2D eigenvalue weighted by Gasteiger charge is 2.12. The smallest absolute Gasteiger partial charge is 0.225 e. The molecule has 2 rings (SSSR count). The number of nitrogens with one attached hydrogen (secondary N) is 2. The molecule has 1 aromatic rings. The number of nitrogens with two attached hydrogens (primary N) is 1. The van der Waals surface area contributed by atoms with E-state index in [0.29, 0.717) is 72.4 Å². The summed E-state index contributed by atoms with van der Waals surface area (Å²) in [7, 11) is 0. The van der Waals surface area contributed by atoms with Crippen LogP contribution in [0, 0.1) is 0 Å². The first kappa shape index (κ1) is 25.4. The van der Waals surface area contributed by atoms with Crippen LogP contribution in [0.25, 0.3) is 0 Å². The highest BCUT2D eigenvalue weighted by atomic mass is 16.6. The highest BCUT2D eigenvalue weighted by Crippen LogP contribution is 2.07. The molecule has 31 heavy (non-hydrogen) atoms. The maximum atomic E-state index is 11.9. The topological polar surface area (TPSA) is 133 Å². The molecule has 1 amide bonds. The van der Waals surface area contributed by atoms with Gasteiger partial charge in [0.2, 0.25) is 11.9 Å². The van der Waals surface area contributed by atoms with E-state index >= 15 is 0 Å². The summed E-state index contributed by atoms with van der Waals surface area (Å²) >= 11 is 0. The maximum absolute atomic E-state index is 11.9. The lowest BCUT2D eigenvalue weighted by molar-refractivity contribution is -0.122. The number of carbonyl (C=O) groups is 1. The van der Waals surface area contributed by atoms with E-state index in [-0.39, 0.29) is 5.91 Å². The first-order valence-corrected chi connectivity index (χ1v) is 10.8. The molecule has 0 unspecified atom stereocenters. The number of amides is 1. The van der Waals surface area contributed by atoms with E-state index < -0.39 is 0 Å². The average molecular weight is 441 g/mol. The zero-order chi connectivity index (χ0) is 22.0.